The Morgan fingerprint density at radius 2 is 1.97 bits per heavy atom. The molecule has 0 radical (unpaired) electrons. The molecule has 168 valence electrons. The van der Waals surface area contributed by atoms with Gasteiger partial charge in [0.05, 0.1) is 23.4 Å². The van der Waals surface area contributed by atoms with Gasteiger partial charge in [0.1, 0.15) is 5.82 Å². The predicted octanol–water partition coefficient (Wildman–Crippen LogP) is 6.01. The molecular formula is C22H14ClF2N3O3S2. The van der Waals surface area contributed by atoms with Gasteiger partial charge in [0, 0.05) is 0 Å². The molecular weight excluding hydrogens is 492 g/mol. The standard InChI is InChI=1S/C22H14ClF2N3O3S2/c1-2-30-17-9-12(7-8-16(17)31-19-14(25)11-26-21(23)27-19)10-18-20(29)28(22(32)33-18)15-6-4-3-5-13(15)24/h3-11H,2H2,1H3/b18-10-. The topological polar surface area (TPSA) is 64.5 Å². The summed E-state index contributed by atoms with van der Waals surface area (Å²) in [7, 11) is 0. The van der Waals surface area contributed by atoms with Crippen LogP contribution in [0.5, 0.6) is 17.4 Å². The van der Waals surface area contributed by atoms with E-state index in [9.17, 15) is 13.6 Å². The van der Waals surface area contributed by atoms with E-state index in [0.29, 0.717) is 22.8 Å². The number of anilines is 1. The summed E-state index contributed by atoms with van der Waals surface area (Å²) in [5, 5.41) is -0.169. The Morgan fingerprint density at radius 3 is 2.73 bits per heavy atom. The van der Waals surface area contributed by atoms with E-state index in [1.165, 1.54) is 18.2 Å². The molecule has 4 rings (SSSR count). The van der Waals surface area contributed by atoms with Crippen molar-refractivity contribution in [3.05, 3.63) is 76.0 Å². The maximum absolute atomic E-state index is 14.2. The molecule has 3 aromatic rings. The van der Waals surface area contributed by atoms with Crippen molar-refractivity contribution in [2.45, 2.75) is 6.92 Å². The van der Waals surface area contributed by atoms with Gasteiger partial charge in [-0.15, -0.1) is 0 Å². The average molecular weight is 506 g/mol. The lowest BCUT2D eigenvalue weighted by Crippen LogP contribution is -2.28. The molecule has 11 heteroatoms. The minimum Gasteiger partial charge on any atom is -0.490 e. The van der Waals surface area contributed by atoms with Crippen LogP contribution in [-0.2, 0) is 4.79 Å². The predicted molar refractivity (Wildman–Crippen MR) is 127 cm³/mol. The van der Waals surface area contributed by atoms with Crippen molar-refractivity contribution < 1.29 is 23.0 Å². The number of para-hydroxylation sites is 1. The monoisotopic (exact) mass is 505 g/mol. The van der Waals surface area contributed by atoms with Crippen molar-refractivity contribution in [1.29, 1.82) is 0 Å². The summed E-state index contributed by atoms with van der Waals surface area (Å²) in [4.78, 5) is 21.7. The van der Waals surface area contributed by atoms with Crippen molar-refractivity contribution in [2.75, 3.05) is 11.5 Å². The number of aromatic nitrogens is 2. The number of carbonyl (C=O) groups excluding carboxylic acids is 1. The lowest BCUT2D eigenvalue weighted by Gasteiger charge is -2.15. The Hall–Kier alpha value is -3.08. The molecule has 1 aliphatic heterocycles. The van der Waals surface area contributed by atoms with Crippen molar-refractivity contribution in [2.24, 2.45) is 0 Å². The Kier molecular flexibility index (Phi) is 6.87. The first-order valence-corrected chi connectivity index (χ1v) is 11.1. The second kappa shape index (κ2) is 9.82. The normalized spacial score (nSPS) is 14.8. The molecule has 1 saturated heterocycles. The number of ether oxygens (including phenoxy) is 2. The van der Waals surface area contributed by atoms with Crippen molar-refractivity contribution in [3.8, 4) is 17.4 Å². The molecule has 0 unspecified atom stereocenters. The van der Waals surface area contributed by atoms with Gasteiger partial charge in [0.2, 0.25) is 11.1 Å². The number of hydrogen-bond acceptors (Lipinski definition) is 7. The van der Waals surface area contributed by atoms with E-state index >= 15 is 0 Å². The van der Waals surface area contributed by atoms with Gasteiger partial charge in [-0.2, -0.15) is 9.37 Å². The van der Waals surface area contributed by atoms with Crippen LogP contribution >= 0.6 is 35.6 Å². The smallest absolute Gasteiger partial charge is 0.270 e. The number of hydrogen-bond donors (Lipinski definition) is 0. The third-order valence-corrected chi connectivity index (χ3v) is 5.83. The van der Waals surface area contributed by atoms with E-state index in [1.54, 1.807) is 37.3 Å². The minimum absolute atomic E-state index is 0.0905. The third kappa shape index (κ3) is 4.97. The van der Waals surface area contributed by atoms with Gasteiger partial charge in [-0.1, -0.05) is 42.2 Å². The number of carbonyl (C=O) groups is 1. The summed E-state index contributed by atoms with van der Waals surface area (Å²) in [6, 6.07) is 10.7. The Bertz CT molecular complexity index is 1290. The Balaban J connectivity index is 1.64. The zero-order chi connectivity index (χ0) is 23.5. The zero-order valence-corrected chi connectivity index (χ0v) is 19.3. The van der Waals surface area contributed by atoms with Gasteiger partial charge < -0.3 is 9.47 Å². The van der Waals surface area contributed by atoms with E-state index in [4.69, 9.17) is 33.3 Å². The summed E-state index contributed by atoms with van der Waals surface area (Å²) >= 11 is 12.1. The first-order chi connectivity index (χ1) is 15.9. The van der Waals surface area contributed by atoms with Crippen molar-refractivity contribution in [3.63, 3.8) is 0 Å². The molecule has 33 heavy (non-hydrogen) atoms. The van der Waals surface area contributed by atoms with E-state index < -0.39 is 17.5 Å². The van der Waals surface area contributed by atoms with E-state index in [-0.39, 0.29) is 26.9 Å². The molecule has 6 nitrogen and oxygen atoms in total. The first-order valence-electron chi connectivity index (χ1n) is 9.52. The first kappa shape index (κ1) is 23.1. The molecule has 0 saturated carbocycles. The van der Waals surface area contributed by atoms with Crippen LogP contribution in [0.3, 0.4) is 0 Å². The van der Waals surface area contributed by atoms with Crippen LogP contribution in [0.2, 0.25) is 5.28 Å². The van der Waals surface area contributed by atoms with Crippen LogP contribution in [0.25, 0.3) is 6.08 Å². The molecule has 0 atom stereocenters. The van der Waals surface area contributed by atoms with Crippen molar-refractivity contribution >= 4 is 57.6 Å². The highest BCUT2D eigenvalue weighted by atomic mass is 35.5. The molecule has 1 aliphatic rings. The number of rotatable bonds is 6. The van der Waals surface area contributed by atoms with Gasteiger partial charge in [0.15, 0.2) is 15.8 Å². The van der Waals surface area contributed by atoms with Gasteiger partial charge in [-0.25, -0.2) is 9.37 Å². The second-order valence-corrected chi connectivity index (χ2v) is 8.52. The van der Waals surface area contributed by atoms with Crippen LogP contribution in [0.4, 0.5) is 14.5 Å². The fourth-order valence-electron chi connectivity index (χ4n) is 2.93. The SMILES string of the molecule is CCOc1cc(/C=C2\SC(=S)N(c3ccccc3F)C2=O)ccc1Oc1nc(Cl)ncc1F. The molecule has 1 aromatic heterocycles. The average Bonchev–Trinajstić information content (AvgIpc) is 3.06. The molecule has 0 spiro atoms. The Morgan fingerprint density at radius 1 is 1.18 bits per heavy atom. The summed E-state index contributed by atoms with van der Waals surface area (Å²) in [6.07, 6.45) is 2.51. The van der Waals surface area contributed by atoms with Crippen LogP contribution in [0, 0.1) is 11.6 Å². The quantitative estimate of drug-likeness (QED) is 0.231. The molecule has 0 bridgehead atoms. The highest BCUT2D eigenvalue weighted by molar-refractivity contribution is 8.27. The molecule has 1 fully saturated rings. The lowest BCUT2D eigenvalue weighted by molar-refractivity contribution is -0.113. The number of amides is 1. The molecule has 2 heterocycles. The maximum Gasteiger partial charge on any atom is 0.270 e. The third-order valence-electron chi connectivity index (χ3n) is 4.34. The zero-order valence-electron chi connectivity index (χ0n) is 16.9. The van der Waals surface area contributed by atoms with Crippen LogP contribution in [-0.4, -0.2) is 26.8 Å². The summed E-state index contributed by atoms with van der Waals surface area (Å²) in [5.74, 6) is -1.64. The van der Waals surface area contributed by atoms with Gasteiger partial charge in [-0.3, -0.25) is 9.69 Å². The minimum atomic E-state index is -0.789. The number of thiocarbonyl (C=S) groups is 1. The molecule has 0 N–H and O–H groups in total. The highest BCUT2D eigenvalue weighted by Crippen LogP contribution is 2.38. The van der Waals surface area contributed by atoms with Crippen molar-refractivity contribution in [1.82, 2.24) is 9.97 Å². The highest BCUT2D eigenvalue weighted by Gasteiger charge is 2.34. The summed E-state index contributed by atoms with van der Waals surface area (Å²) < 4.78 is 39.5. The van der Waals surface area contributed by atoms with E-state index in [1.807, 2.05) is 0 Å². The summed E-state index contributed by atoms with van der Waals surface area (Å²) in [6.45, 7) is 2.08. The number of halogens is 3. The number of benzene rings is 2. The van der Waals surface area contributed by atoms with Crippen LogP contribution in [0.15, 0.2) is 53.6 Å². The molecule has 0 aliphatic carbocycles. The maximum atomic E-state index is 14.2. The summed E-state index contributed by atoms with van der Waals surface area (Å²) in [5.41, 5.74) is 0.689. The molecule has 2 aromatic carbocycles. The van der Waals surface area contributed by atoms with Gasteiger partial charge in [0.25, 0.3) is 11.8 Å². The van der Waals surface area contributed by atoms with Crippen LogP contribution in [0.1, 0.15) is 12.5 Å². The fourth-order valence-corrected chi connectivity index (χ4v) is 4.34. The van der Waals surface area contributed by atoms with Gasteiger partial charge in [-0.05, 0) is 54.4 Å². The molecule has 1 amide bonds. The van der Waals surface area contributed by atoms with Gasteiger partial charge >= 0.3 is 0 Å². The second-order valence-electron chi connectivity index (χ2n) is 6.50. The number of thioether (sulfide) groups is 1. The lowest BCUT2D eigenvalue weighted by atomic mass is 10.1. The fraction of sp³-hybridized carbons (Fsp3) is 0.0909. The van der Waals surface area contributed by atoms with E-state index in [2.05, 4.69) is 9.97 Å². The van der Waals surface area contributed by atoms with E-state index in [0.717, 1.165) is 22.9 Å². The Labute approximate surface area is 202 Å². The number of nitrogens with zero attached hydrogens (tertiary/aromatic N) is 3. The van der Waals surface area contributed by atoms with Crippen LogP contribution < -0.4 is 14.4 Å². The largest absolute Gasteiger partial charge is 0.490 e.